The van der Waals surface area contributed by atoms with Gasteiger partial charge in [0, 0.05) is 19.7 Å². The van der Waals surface area contributed by atoms with Crippen LogP contribution in [0.1, 0.15) is 33.6 Å². The first-order valence-corrected chi connectivity index (χ1v) is 6.01. The lowest BCUT2D eigenvalue weighted by Gasteiger charge is -2.42. The van der Waals surface area contributed by atoms with E-state index >= 15 is 0 Å². The number of rotatable bonds is 5. The Bertz CT molecular complexity index is 196. The molecule has 3 heteroatoms. The van der Waals surface area contributed by atoms with Gasteiger partial charge in [-0.2, -0.15) is 0 Å². The van der Waals surface area contributed by atoms with Gasteiger partial charge in [0.25, 0.3) is 0 Å². The first kappa shape index (κ1) is 12.9. The van der Waals surface area contributed by atoms with E-state index in [9.17, 15) is 0 Å². The molecule has 0 aromatic carbocycles. The fourth-order valence-electron chi connectivity index (χ4n) is 2.73. The van der Waals surface area contributed by atoms with Crippen LogP contribution in [0.5, 0.6) is 0 Å². The number of likely N-dealkylation sites (tertiary alicyclic amines) is 1. The quantitative estimate of drug-likeness (QED) is 0.753. The molecule has 0 spiro atoms. The van der Waals surface area contributed by atoms with Crippen LogP contribution in [0.3, 0.4) is 0 Å². The van der Waals surface area contributed by atoms with Crippen LogP contribution < -0.4 is 5.73 Å². The molecule has 0 amide bonds. The van der Waals surface area contributed by atoms with Gasteiger partial charge in [-0.05, 0) is 32.2 Å². The van der Waals surface area contributed by atoms with E-state index in [4.69, 9.17) is 10.5 Å². The molecule has 0 aromatic heterocycles. The second-order valence-corrected chi connectivity index (χ2v) is 5.28. The van der Waals surface area contributed by atoms with Crippen LogP contribution in [-0.2, 0) is 4.74 Å². The summed E-state index contributed by atoms with van der Waals surface area (Å²) in [7, 11) is 1.76. The van der Waals surface area contributed by atoms with E-state index in [-0.39, 0.29) is 5.54 Å². The van der Waals surface area contributed by atoms with Crippen LogP contribution in [0.25, 0.3) is 0 Å². The van der Waals surface area contributed by atoms with Gasteiger partial charge in [-0.3, -0.25) is 4.90 Å². The summed E-state index contributed by atoms with van der Waals surface area (Å²) in [6.45, 7) is 9.38. The Morgan fingerprint density at radius 3 is 2.67 bits per heavy atom. The van der Waals surface area contributed by atoms with E-state index in [0.29, 0.717) is 18.5 Å². The zero-order chi connectivity index (χ0) is 11.5. The number of nitrogens with zero attached hydrogens (tertiary/aromatic N) is 1. The van der Waals surface area contributed by atoms with Crippen molar-refractivity contribution >= 4 is 0 Å². The fourth-order valence-corrected chi connectivity index (χ4v) is 2.73. The normalized spacial score (nSPS) is 27.2. The minimum atomic E-state index is 0.0141. The van der Waals surface area contributed by atoms with Crippen molar-refractivity contribution in [2.45, 2.75) is 45.2 Å². The molecular formula is C12H26N2O. The van der Waals surface area contributed by atoms with Crippen molar-refractivity contribution < 1.29 is 4.74 Å². The Balaban J connectivity index is 2.74. The zero-order valence-corrected chi connectivity index (χ0v) is 10.6. The summed E-state index contributed by atoms with van der Waals surface area (Å²) in [4.78, 5) is 2.56. The van der Waals surface area contributed by atoms with Crippen LogP contribution in [0, 0.1) is 5.92 Å². The third-order valence-corrected chi connectivity index (χ3v) is 3.66. The number of methoxy groups -OCH3 is 1. The highest BCUT2D eigenvalue weighted by Crippen LogP contribution is 2.30. The summed E-state index contributed by atoms with van der Waals surface area (Å²) < 4.78 is 5.32. The summed E-state index contributed by atoms with van der Waals surface area (Å²) in [5.74, 6) is 0.704. The fraction of sp³-hybridized carbons (Fsp3) is 1.00. The SMILES string of the molecule is COCC(C)(CN)N1CCCC1C(C)C. The molecule has 0 bridgehead atoms. The summed E-state index contributed by atoms with van der Waals surface area (Å²) in [6, 6.07) is 0.675. The molecule has 15 heavy (non-hydrogen) atoms. The number of ether oxygens (including phenoxy) is 1. The van der Waals surface area contributed by atoms with E-state index in [1.54, 1.807) is 7.11 Å². The van der Waals surface area contributed by atoms with Gasteiger partial charge in [0.15, 0.2) is 0 Å². The van der Waals surface area contributed by atoms with Crippen molar-refractivity contribution in [3.8, 4) is 0 Å². The number of nitrogens with two attached hydrogens (primary N) is 1. The molecule has 1 aliphatic rings. The van der Waals surface area contributed by atoms with E-state index in [1.807, 2.05) is 0 Å². The van der Waals surface area contributed by atoms with Crippen molar-refractivity contribution in [3.63, 3.8) is 0 Å². The minimum Gasteiger partial charge on any atom is -0.383 e. The first-order chi connectivity index (χ1) is 7.05. The lowest BCUT2D eigenvalue weighted by Crippen LogP contribution is -2.57. The molecule has 0 radical (unpaired) electrons. The van der Waals surface area contributed by atoms with Crippen LogP contribution >= 0.6 is 0 Å². The maximum absolute atomic E-state index is 5.91. The summed E-state index contributed by atoms with van der Waals surface area (Å²) in [5, 5.41) is 0. The van der Waals surface area contributed by atoms with Gasteiger partial charge in [0.1, 0.15) is 0 Å². The van der Waals surface area contributed by atoms with E-state index < -0.39 is 0 Å². The Kier molecular flexibility index (Phi) is 4.56. The summed E-state index contributed by atoms with van der Waals surface area (Å²) in [6.07, 6.45) is 2.60. The Morgan fingerprint density at radius 1 is 1.53 bits per heavy atom. The van der Waals surface area contributed by atoms with Gasteiger partial charge in [-0.15, -0.1) is 0 Å². The molecule has 90 valence electrons. The monoisotopic (exact) mass is 214 g/mol. The lowest BCUT2D eigenvalue weighted by molar-refractivity contribution is 0.00796. The van der Waals surface area contributed by atoms with Crippen molar-refractivity contribution in [1.82, 2.24) is 4.90 Å². The van der Waals surface area contributed by atoms with Crippen LogP contribution in [0.4, 0.5) is 0 Å². The molecule has 2 unspecified atom stereocenters. The van der Waals surface area contributed by atoms with Crippen LogP contribution in [0.2, 0.25) is 0 Å². The summed E-state index contributed by atoms with van der Waals surface area (Å²) >= 11 is 0. The van der Waals surface area contributed by atoms with Gasteiger partial charge >= 0.3 is 0 Å². The van der Waals surface area contributed by atoms with Crippen molar-refractivity contribution in [1.29, 1.82) is 0 Å². The average molecular weight is 214 g/mol. The minimum absolute atomic E-state index is 0.0141. The third kappa shape index (κ3) is 2.71. The molecule has 0 saturated carbocycles. The van der Waals surface area contributed by atoms with Gasteiger partial charge in [0.2, 0.25) is 0 Å². The third-order valence-electron chi connectivity index (χ3n) is 3.66. The van der Waals surface area contributed by atoms with Crippen LogP contribution in [0.15, 0.2) is 0 Å². The molecule has 1 aliphatic heterocycles. The van der Waals surface area contributed by atoms with Gasteiger partial charge in [0.05, 0.1) is 12.1 Å². The highest BCUT2D eigenvalue weighted by Gasteiger charge is 2.39. The topological polar surface area (TPSA) is 38.5 Å². The van der Waals surface area contributed by atoms with Crippen LogP contribution in [-0.4, -0.2) is 43.3 Å². The molecule has 2 N–H and O–H groups in total. The number of hydrogen-bond donors (Lipinski definition) is 1. The molecule has 3 nitrogen and oxygen atoms in total. The maximum atomic E-state index is 5.91. The predicted molar refractivity (Wildman–Crippen MR) is 63.9 cm³/mol. The molecule has 0 aromatic rings. The van der Waals surface area contributed by atoms with Crippen molar-refractivity contribution in [2.75, 3.05) is 26.8 Å². The summed E-state index contributed by atoms with van der Waals surface area (Å²) in [5.41, 5.74) is 5.93. The highest BCUT2D eigenvalue weighted by molar-refractivity contribution is 4.95. The number of hydrogen-bond acceptors (Lipinski definition) is 3. The van der Waals surface area contributed by atoms with Crippen molar-refractivity contribution in [2.24, 2.45) is 11.7 Å². The smallest absolute Gasteiger partial charge is 0.0656 e. The first-order valence-electron chi connectivity index (χ1n) is 6.01. The van der Waals surface area contributed by atoms with E-state index in [2.05, 4.69) is 25.7 Å². The highest BCUT2D eigenvalue weighted by atomic mass is 16.5. The van der Waals surface area contributed by atoms with E-state index in [1.165, 1.54) is 19.4 Å². The molecule has 1 saturated heterocycles. The van der Waals surface area contributed by atoms with Gasteiger partial charge < -0.3 is 10.5 Å². The molecular weight excluding hydrogens is 188 g/mol. The largest absolute Gasteiger partial charge is 0.383 e. The molecule has 2 atom stereocenters. The predicted octanol–water partition coefficient (Wildman–Crippen LogP) is 1.47. The van der Waals surface area contributed by atoms with E-state index in [0.717, 1.165) is 6.61 Å². The van der Waals surface area contributed by atoms with Crippen molar-refractivity contribution in [3.05, 3.63) is 0 Å². The second-order valence-electron chi connectivity index (χ2n) is 5.28. The Morgan fingerprint density at radius 2 is 2.20 bits per heavy atom. The molecule has 1 fully saturated rings. The zero-order valence-electron chi connectivity index (χ0n) is 10.6. The molecule has 1 rings (SSSR count). The maximum Gasteiger partial charge on any atom is 0.0656 e. The van der Waals surface area contributed by atoms with Gasteiger partial charge in [-0.25, -0.2) is 0 Å². The average Bonchev–Trinajstić information content (AvgIpc) is 2.67. The second kappa shape index (κ2) is 5.28. The molecule has 0 aliphatic carbocycles. The lowest BCUT2D eigenvalue weighted by atomic mass is 9.95. The van der Waals surface area contributed by atoms with Gasteiger partial charge in [-0.1, -0.05) is 13.8 Å². The molecule has 1 heterocycles. The Labute approximate surface area is 94.0 Å². The Hall–Kier alpha value is -0.120. The standard InChI is InChI=1S/C12H26N2O/c1-10(2)11-6-5-7-14(11)12(3,8-13)9-15-4/h10-11H,5-9,13H2,1-4H3.